The molecule has 0 aromatic heterocycles. The summed E-state index contributed by atoms with van der Waals surface area (Å²) >= 11 is 0. The fourth-order valence-electron chi connectivity index (χ4n) is 2.41. The Hall–Kier alpha value is -0.160. The van der Waals surface area contributed by atoms with Crippen molar-refractivity contribution in [2.24, 2.45) is 5.41 Å². The van der Waals surface area contributed by atoms with Gasteiger partial charge in [0, 0.05) is 45.5 Å². The SMILES string of the molecule is CNCC1(CCOCCCOC)CCCOC1. The van der Waals surface area contributed by atoms with Gasteiger partial charge in [0.15, 0.2) is 0 Å². The van der Waals surface area contributed by atoms with E-state index < -0.39 is 0 Å². The highest BCUT2D eigenvalue weighted by Gasteiger charge is 2.31. The van der Waals surface area contributed by atoms with Gasteiger partial charge < -0.3 is 19.5 Å². The first kappa shape index (κ1) is 14.9. The van der Waals surface area contributed by atoms with Crippen molar-refractivity contribution >= 4 is 0 Å². The largest absolute Gasteiger partial charge is 0.385 e. The molecule has 0 saturated carbocycles. The summed E-state index contributed by atoms with van der Waals surface area (Å²) in [6, 6.07) is 0. The highest BCUT2D eigenvalue weighted by atomic mass is 16.5. The highest BCUT2D eigenvalue weighted by molar-refractivity contribution is 4.83. The number of rotatable bonds is 9. The van der Waals surface area contributed by atoms with Crippen LogP contribution >= 0.6 is 0 Å². The van der Waals surface area contributed by atoms with E-state index in [9.17, 15) is 0 Å². The Bertz CT molecular complexity index is 176. The van der Waals surface area contributed by atoms with Crippen LogP contribution in [0.3, 0.4) is 0 Å². The molecule has 0 aromatic rings. The lowest BCUT2D eigenvalue weighted by Crippen LogP contribution is -2.40. The minimum Gasteiger partial charge on any atom is -0.385 e. The van der Waals surface area contributed by atoms with E-state index in [0.29, 0.717) is 0 Å². The van der Waals surface area contributed by atoms with Crippen LogP contribution in [0, 0.1) is 5.41 Å². The van der Waals surface area contributed by atoms with Gasteiger partial charge in [0.05, 0.1) is 6.61 Å². The van der Waals surface area contributed by atoms with Gasteiger partial charge in [-0.1, -0.05) is 0 Å². The second-order valence-electron chi connectivity index (χ2n) is 4.90. The lowest BCUT2D eigenvalue weighted by Gasteiger charge is -2.37. The van der Waals surface area contributed by atoms with Crippen LogP contribution in [0.2, 0.25) is 0 Å². The maximum atomic E-state index is 5.65. The van der Waals surface area contributed by atoms with E-state index in [2.05, 4.69) is 5.32 Å². The summed E-state index contributed by atoms with van der Waals surface area (Å²) in [5, 5.41) is 3.28. The Morgan fingerprint density at radius 3 is 2.82 bits per heavy atom. The molecule has 0 amide bonds. The van der Waals surface area contributed by atoms with E-state index in [0.717, 1.165) is 52.4 Å². The number of methoxy groups -OCH3 is 1. The summed E-state index contributed by atoms with van der Waals surface area (Å²) in [6.07, 6.45) is 4.48. The van der Waals surface area contributed by atoms with E-state index in [1.165, 1.54) is 12.8 Å². The van der Waals surface area contributed by atoms with Crippen molar-refractivity contribution in [3.05, 3.63) is 0 Å². The maximum absolute atomic E-state index is 5.65. The highest BCUT2D eigenvalue weighted by Crippen LogP contribution is 2.31. The molecule has 1 aliphatic heterocycles. The second kappa shape index (κ2) is 8.86. The molecular weight excluding hydrogens is 218 g/mol. The second-order valence-corrected chi connectivity index (χ2v) is 4.90. The van der Waals surface area contributed by atoms with E-state index in [-0.39, 0.29) is 5.41 Å². The zero-order valence-corrected chi connectivity index (χ0v) is 11.3. The topological polar surface area (TPSA) is 39.7 Å². The third-order valence-corrected chi connectivity index (χ3v) is 3.37. The van der Waals surface area contributed by atoms with Crippen molar-refractivity contribution < 1.29 is 14.2 Å². The molecule has 1 atom stereocenters. The van der Waals surface area contributed by atoms with E-state index in [4.69, 9.17) is 14.2 Å². The first-order valence-corrected chi connectivity index (χ1v) is 6.62. The zero-order chi connectivity index (χ0) is 12.4. The van der Waals surface area contributed by atoms with Gasteiger partial charge in [-0.05, 0) is 32.7 Å². The number of nitrogens with one attached hydrogen (secondary N) is 1. The van der Waals surface area contributed by atoms with Gasteiger partial charge in [-0.2, -0.15) is 0 Å². The fourth-order valence-corrected chi connectivity index (χ4v) is 2.41. The molecule has 1 fully saturated rings. The average molecular weight is 245 g/mol. The predicted octanol–water partition coefficient (Wildman–Crippen LogP) is 1.45. The molecule has 4 heteroatoms. The zero-order valence-electron chi connectivity index (χ0n) is 11.3. The predicted molar refractivity (Wildman–Crippen MR) is 68.3 cm³/mol. The Morgan fingerprint density at radius 1 is 1.29 bits per heavy atom. The molecule has 0 bridgehead atoms. The quantitative estimate of drug-likeness (QED) is 0.624. The van der Waals surface area contributed by atoms with Crippen LogP contribution in [0.25, 0.3) is 0 Å². The van der Waals surface area contributed by atoms with Crippen molar-refractivity contribution in [2.45, 2.75) is 25.7 Å². The average Bonchev–Trinajstić information content (AvgIpc) is 2.35. The molecule has 1 unspecified atom stereocenters. The Morgan fingerprint density at radius 2 is 2.18 bits per heavy atom. The van der Waals surface area contributed by atoms with Gasteiger partial charge >= 0.3 is 0 Å². The molecule has 17 heavy (non-hydrogen) atoms. The molecule has 0 radical (unpaired) electrons. The monoisotopic (exact) mass is 245 g/mol. The van der Waals surface area contributed by atoms with Gasteiger partial charge in [0.1, 0.15) is 0 Å². The summed E-state index contributed by atoms with van der Waals surface area (Å²) in [6.45, 7) is 5.22. The number of hydrogen-bond acceptors (Lipinski definition) is 4. The molecule has 1 saturated heterocycles. The van der Waals surface area contributed by atoms with Crippen LogP contribution in [-0.2, 0) is 14.2 Å². The van der Waals surface area contributed by atoms with E-state index in [1.807, 2.05) is 7.05 Å². The molecule has 1 heterocycles. The van der Waals surface area contributed by atoms with Crippen molar-refractivity contribution in [2.75, 3.05) is 53.7 Å². The molecular formula is C13H27NO3. The van der Waals surface area contributed by atoms with Crippen molar-refractivity contribution in [3.8, 4) is 0 Å². The standard InChI is InChI=1S/C13H27NO3/c1-14-11-13(5-3-8-17-12-13)6-10-16-9-4-7-15-2/h14H,3-12H2,1-2H3. The van der Waals surface area contributed by atoms with Crippen LogP contribution in [0.1, 0.15) is 25.7 Å². The maximum Gasteiger partial charge on any atom is 0.0535 e. The molecule has 1 N–H and O–H groups in total. The Kier molecular flexibility index (Phi) is 7.77. The van der Waals surface area contributed by atoms with Gasteiger partial charge in [-0.3, -0.25) is 0 Å². The van der Waals surface area contributed by atoms with Gasteiger partial charge in [-0.25, -0.2) is 0 Å². The van der Waals surface area contributed by atoms with E-state index >= 15 is 0 Å². The Labute approximate surface area is 105 Å². The van der Waals surface area contributed by atoms with Gasteiger partial charge in [0.2, 0.25) is 0 Å². The minimum absolute atomic E-state index is 0.286. The number of hydrogen-bond donors (Lipinski definition) is 1. The summed E-state index contributed by atoms with van der Waals surface area (Å²) in [4.78, 5) is 0. The van der Waals surface area contributed by atoms with Crippen LogP contribution in [0.4, 0.5) is 0 Å². The van der Waals surface area contributed by atoms with Crippen molar-refractivity contribution in [3.63, 3.8) is 0 Å². The molecule has 0 spiro atoms. The molecule has 102 valence electrons. The first-order valence-electron chi connectivity index (χ1n) is 6.62. The fraction of sp³-hybridized carbons (Fsp3) is 1.00. The summed E-state index contributed by atoms with van der Waals surface area (Å²) < 4.78 is 16.3. The summed E-state index contributed by atoms with van der Waals surface area (Å²) in [5.41, 5.74) is 0.286. The van der Waals surface area contributed by atoms with Crippen LogP contribution in [-0.4, -0.2) is 53.7 Å². The molecule has 1 aliphatic rings. The third kappa shape index (κ3) is 5.82. The normalized spacial score (nSPS) is 25.1. The Balaban J connectivity index is 2.15. The third-order valence-electron chi connectivity index (χ3n) is 3.37. The molecule has 1 rings (SSSR count). The lowest BCUT2D eigenvalue weighted by atomic mass is 9.79. The minimum atomic E-state index is 0.286. The first-order chi connectivity index (χ1) is 8.33. The van der Waals surface area contributed by atoms with Gasteiger partial charge in [0.25, 0.3) is 0 Å². The van der Waals surface area contributed by atoms with Crippen LogP contribution in [0.15, 0.2) is 0 Å². The molecule has 0 aromatic carbocycles. The lowest BCUT2D eigenvalue weighted by molar-refractivity contribution is -0.0272. The number of ether oxygens (including phenoxy) is 3. The molecule has 4 nitrogen and oxygen atoms in total. The summed E-state index contributed by atoms with van der Waals surface area (Å²) in [7, 11) is 3.73. The van der Waals surface area contributed by atoms with Crippen LogP contribution in [0.5, 0.6) is 0 Å². The molecule has 0 aliphatic carbocycles. The van der Waals surface area contributed by atoms with Crippen LogP contribution < -0.4 is 5.32 Å². The van der Waals surface area contributed by atoms with Gasteiger partial charge in [-0.15, -0.1) is 0 Å². The van der Waals surface area contributed by atoms with E-state index in [1.54, 1.807) is 7.11 Å². The van der Waals surface area contributed by atoms with Crippen molar-refractivity contribution in [1.82, 2.24) is 5.32 Å². The smallest absolute Gasteiger partial charge is 0.0535 e. The summed E-state index contributed by atoms with van der Waals surface area (Å²) in [5.74, 6) is 0. The van der Waals surface area contributed by atoms with Crippen molar-refractivity contribution in [1.29, 1.82) is 0 Å².